The second-order valence-corrected chi connectivity index (χ2v) is 4.65. The maximum atomic E-state index is 12.2. The van der Waals surface area contributed by atoms with Crippen LogP contribution in [0.5, 0.6) is 5.75 Å². The number of nitrogens with zero attached hydrogens (tertiary/aromatic N) is 1. The molecule has 8 heteroatoms. The van der Waals surface area contributed by atoms with Gasteiger partial charge in [0.2, 0.25) is 0 Å². The van der Waals surface area contributed by atoms with Crippen LogP contribution < -0.4 is 10.1 Å². The van der Waals surface area contributed by atoms with Crippen LogP contribution in [0.2, 0.25) is 0 Å². The highest BCUT2D eigenvalue weighted by Gasteiger charge is 2.31. The molecule has 0 spiro atoms. The van der Waals surface area contributed by atoms with Crippen molar-refractivity contribution in [3.8, 4) is 5.75 Å². The van der Waals surface area contributed by atoms with E-state index in [1.807, 2.05) is 19.0 Å². The summed E-state index contributed by atoms with van der Waals surface area (Å²) in [5.41, 5.74) is 0.197. The number of halogens is 3. The molecule has 21 heavy (non-hydrogen) atoms. The number of aliphatic carboxylic acids is 1. The molecule has 118 valence electrons. The van der Waals surface area contributed by atoms with Crippen LogP contribution >= 0.6 is 0 Å². The lowest BCUT2D eigenvalue weighted by Crippen LogP contribution is -2.34. The largest absolute Gasteiger partial charge is 0.573 e. The van der Waals surface area contributed by atoms with E-state index < -0.39 is 24.1 Å². The lowest BCUT2D eigenvalue weighted by molar-refractivity contribution is -0.274. The van der Waals surface area contributed by atoms with Crippen LogP contribution in [0.3, 0.4) is 0 Å². The highest BCUT2D eigenvalue weighted by Crippen LogP contribution is 2.25. The van der Waals surface area contributed by atoms with Gasteiger partial charge in [0.05, 0.1) is 0 Å². The first kappa shape index (κ1) is 17.3. The molecular weight excluding hydrogens is 289 g/mol. The zero-order chi connectivity index (χ0) is 16.0. The van der Waals surface area contributed by atoms with Crippen LogP contribution in [0.25, 0.3) is 0 Å². The van der Waals surface area contributed by atoms with Crippen molar-refractivity contribution in [2.24, 2.45) is 0 Å². The molecule has 0 aromatic heterocycles. The summed E-state index contributed by atoms with van der Waals surface area (Å²) in [6, 6.07) is 3.84. The van der Waals surface area contributed by atoms with E-state index in [9.17, 15) is 23.1 Å². The van der Waals surface area contributed by atoms with Gasteiger partial charge in [0, 0.05) is 13.1 Å². The van der Waals surface area contributed by atoms with E-state index >= 15 is 0 Å². The Hall–Kier alpha value is -1.80. The van der Waals surface area contributed by atoms with Crippen molar-refractivity contribution in [1.82, 2.24) is 10.2 Å². The molecule has 0 aliphatic heterocycles. The molecule has 0 aliphatic rings. The van der Waals surface area contributed by atoms with E-state index in [1.165, 1.54) is 12.1 Å². The highest BCUT2D eigenvalue weighted by atomic mass is 19.4. The fourth-order valence-corrected chi connectivity index (χ4v) is 1.67. The molecule has 0 saturated carbocycles. The molecule has 5 nitrogen and oxygen atoms in total. The van der Waals surface area contributed by atoms with E-state index in [0.29, 0.717) is 13.1 Å². The topological polar surface area (TPSA) is 61.8 Å². The van der Waals surface area contributed by atoms with Crippen molar-refractivity contribution in [2.75, 3.05) is 27.2 Å². The second kappa shape index (κ2) is 7.28. The van der Waals surface area contributed by atoms with Crippen LogP contribution in [0, 0.1) is 0 Å². The Balaban J connectivity index is 2.83. The van der Waals surface area contributed by atoms with Gasteiger partial charge in [0.15, 0.2) is 0 Å². The molecule has 1 unspecified atom stereocenters. The van der Waals surface area contributed by atoms with Crippen molar-refractivity contribution in [2.45, 2.75) is 12.4 Å². The SMILES string of the molecule is CN(C)CCNC(C(=O)O)c1cccc(OC(F)(F)F)c1. The summed E-state index contributed by atoms with van der Waals surface area (Å²) in [4.78, 5) is 13.1. The molecule has 0 radical (unpaired) electrons. The van der Waals surface area contributed by atoms with E-state index in [1.54, 1.807) is 0 Å². The summed E-state index contributed by atoms with van der Waals surface area (Å²) in [6.07, 6.45) is -4.81. The van der Waals surface area contributed by atoms with Gasteiger partial charge in [-0.2, -0.15) is 0 Å². The number of carboxylic acids is 1. The van der Waals surface area contributed by atoms with Gasteiger partial charge < -0.3 is 14.7 Å². The molecule has 1 aromatic rings. The summed E-state index contributed by atoms with van der Waals surface area (Å²) in [6.45, 7) is 0.983. The van der Waals surface area contributed by atoms with Gasteiger partial charge in [-0.3, -0.25) is 10.1 Å². The number of hydrogen-bond donors (Lipinski definition) is 2. The lowest BCUT2D eigenvalue weighted by Gasteiger charge is -2.18. The van der Waals surface area contributed by atoms with Crippen molar-refractivity contribution in [3.63, 3.8) is 0 Å². The first-order valence-electron chi connectivity index (χ1n) is 6.15. The third-order valence-electron chi connectivity index (χ3n) is 2.58. The summed E-state index contributed by atoms with van der Waals surface area (Å²) >= 11 is 0. The van der Waals surface area contributed by atoms with Crippen molar-refractivity contribution in [3.05, 3.63) is 29.8 Å². The standard InChI is InChI=1S/C13H17F3N2O3/c1-18(2)7-6-17-11(12(19)20)9-4-3-5-10(8-9)21-13(14,15)16/h3-5,8,11,17H,6-7H2,1-2H3,(H,19,20). The van der Waals surface area contributed by atoms with Crippen LogP contribution in [-0.4, -0.2) is 49.5 Å². The third kappa shape index (κ3) is 6.46. The third-order valence-corrected chi connectivity index (χ3v) is 2.58. The van der Waals surface area contributed by atoms with Gasteiger partial charge >= 0.3 is 12.3 Å². The summed E-state index contributed by atoms with van der Waals surface area (Å²) in [5.74, 6) is -1.61. The number of nitrogens with one attached hydrogen (secondary N) is 1. The van der Waals surface area contributed by atoms with Gasteiger partial charge in [-0.1, -0.05) is 12.1 Å². The molecule has 0 amide bonds. The Morgan fingerprint density at radius 3 is 2.62 bits per heavy atom. The van der Waals surface area contributed by atoms with Crippen LogP contribution in [0.15, 0.2) is 24.3 Å². The summed E-state index contributed by atoms with van der Waals surface area (Å²) < 4.78 is 40.3. The summed E-state index contributed by atoms with van der Waals surface area (Å²) in [5, 5.41) is 12.0. The van der Waals surface area contributed by atoms with Crippen molar-refractivity contribution in [1.29, 1.82) is 0 Å². The van der Waals surface area contributed by atoms with E-state index in [-0.39, 0.29) is 5.56 Å². The average Bonchev–Trinajstić information content (AvgIpc) is 2.32. The minimum atomic E-state index is -4.81. The lowest BCUT2D eigenvalue weighted by atomic mass is 10.1. The van der Waals surface area contributed by atoms with Gasteiger partial charge in [-0.15, -0.1) is 13.2 Å². The van der Waals surface area contributed by atoms with E-state index in [2.05, 4.69) is 10.1 Å². The van der Waals surface area contributed by atoms with Gasteiger partial charge in [0.25, 0.3) is 0 Å². The number of carbonyl (C=O) groups is 1. The number of benzene rings is 1. The molecule has 1 atom stereocenters. The molecule has 2 N–H and O–H groups in total. The zero-order valence-corrected chi connectivity index (χ0v) is 11.6. The molecule has 1 rings (SSSR count). The minimum absolute atomic E-state index is 0.197. The smallest absolute Gasteiger partial charge is 0.480 e. The quantitative estimate of drug-likeness (QED) is 0.805. The Bertz CT molecular complexity index is 478. The van der Waals surface area contributed by atoms with Crippen molar-refractivity contribution >= 4 is 5.97 Å². The molecule has 0 aliphatic carbocycles. The number of ether oxygens (including phenoxy) is 1. The van der Waals surface area contributed by atoms with Crippen LogP contribution in [0.4, 0.5) is 13.2 Å². The van der Waals surface area contributed by atoms with Gasteiger partial charge in [-0.25, -0.2) is 0 Å². The zero-order valence-electron chi connectivity index (χ0n) is 11.6. The van der Waals surface area contributed by atoms with Crippen LogP contribution in [-0.2, 0) is 4.79 Å². The maximum Gasteiger partial charge on any atom is 0.573 e. The Kier molecular flexibility index (Phi) is 5.98. The van der Waals surface area contributed by atoms with Gasteiger partial charge in [-0.05, 0) is 31.8 Å². The first-order valence-corrected chi connectivity index (χ1v) is 6.15. The van der Waals surface area contributed by atoms with E-state index in [4.69, 9.17) is 0 Å². The molecular formula is C13H17F3N2O3. The Morgan fingerprint density at radius 1 is 1.43 bits per heavy atom. The first-order chi connectivity index (χ1) is 9.69. The normalized spacial score (nSPS) is 13.2. The molecule has 0 saturated heterocycles. The number of hydrogen-bond acceptors (Lipinski definition) is 4. The number of rotatable bonds is 7. The average molecular weight is 306 g/mol. The van der Waals surface area contributed by atoms with Crippen molar-refractivity contribution < 1.29 is 27.8 Å². The second-order valence-electron chi connectivity index (χ2n) is 4.65. The maximum absolute atomic E-state index is 12.2. The highest BCUT2D eigenvalue weighted by molar-refractivity contribution is 5.75. The molecule has 1 aromatic carbocycles. The minimum Gasteiger partial charge on any atom is -0.480 e. The number of carboxylic acid groups (broad SMARTS) is 1. The van der Waals surface area contributed by atoms with E-state index in [0.717, 1.165) is 12.1 Å². The monoisotopic (exact) mass is 306 g/mol. The summed E-state index contributed by atoms with van der Waals surface area (Å²) in [7, 11) is 3.66. The molecule has 0 fully saturated rings. The molecule has 0 bridgehead atoms. The predicted octanol–water partition coefficient (Wildman–Crippen LogP) is 1.86. The Morgan fingerprint density at radius 2 is 2.10 bits per heavy atom. The number of alkyl halides is 3. The van der Waals surface area contributed by atoms with Crippen LogP contribution in [0.1, 0.15) is 11.6 Å². The predicted molar refractivity (Wildman–Crippen MR) is 70.1 cm³/mol. The Labute approximate surface area is 120 Å². The fourth-order valence-electron chi connectivity index (χ4n) is 1.67. The fraction of sp³-hybridized carbons (Fsp3) is 0.462. The number of likely N-dealkylation sites (N-methyl/N-ethyl adjacent to an activating group) is 1. The molecule has 0 heterocycles. The van der Waals surface area contributed by atoms with Gasteiger partial charge in [0.1, 0.15) is 11.8 Å².